The Kier molecular flexibility index (Phi) is 5.90. The van der Waals surface area contributed by atoms with E-state index in [1.165, 1.54) is 4.31 Å². The lowest BCUT2D eigenvalue weighted by atomic mass is 10.1. The maximum absolute atomic E-state index is 13.5. The molecule has 2 aliphatic rings. The Bertz CT molecular complexity index is 1390. The lowest BCUT2D eigenvalue weighted by molar-refractivity contribution is -0.118. The fourth-order valence-electron chi connectivity index (χ4n) is 4.77. The molecule has 1 N–H and O–H groups in total. The Morgan fingerprint density at radius 3 is 2.63 bits per heavy atom. The third-order valence-electron chi connectivity index (χ3n) is 6.68. The van der Waals surface area contributed by atoms with Crippen LogP contribution >= 0.6 is 0 Å². The van der Waals surface area contributed by atoms with E-state index in [4.69, 9.17) is 4.74 Å². The summed E-state index contributed by atoms with van der Waals surface area (Å²) < 4.78 is 37.9. The minimum atomic E-state index is -3.73. The quantitative estimate of drug-likeness (QED) is 0.575. The maximum atomic E-state index is 13.5. The number of nitrogens with one attached hydrogen (secondary N) is 1. The van der Waals surface area contributed by atoms with Crippen molar-refractivity contribution in [3.63, 3.8) is 0 Å². The van der Waals surface area contributed by atoms with Crippen LogP contribution in [-0.4, -0.2) is 81.9 Å². The van der Waals surface area contributed by atoms with E-state index in [1.807, 2.05) is 36.3 Å². The van der Waals surface area contributed by atoms with Crippen molar-refractivity contribution in [2.45, 2.75) is 24.8 Å². The minimum absolute atomic E-state index is 0.156. The zero-order valence-electron chi connectivity index (χ0n) is 20.2. The minimum Gasteiger partial charge on any atom is -0.490 e. The number of nitrogens with zero attached hydrogens (tertiary/aromatic N) is 6. The zero-order valence-corrected chi connectivity index (χ0v) is 21.0. The number of carbonyl (C=O) groups is 1. The lowest BCUT2D eigenvalue weighted by Crippen LogP contribution is -2.57. The molecule has 1 amide bonds. The van der Waals surface area contributed by atoms with E-state index in [-0.39, 0.29) is 43.1 Å². The van der Waals surface area contributed by atoms with Crippen LogP contribution in [0.4, 0.5) is 5.69 Å². The van der Waals surface area contributed by atoms with E-state index in [0.29, 0.717) is 29.4 Å². The summed E-state index contributed by atoms with van der Waals surface area (Å²) in [5, 5.41) is 11.4. The van der Waals surface area contributed by atoms with Crippen molar-refractivity contribution in [1.29, 1.82) is 0 Å². The summed E-state index contributed by atoms with van der Waals surface area (Å²) in [5.41, 5.74) is 3.52. The Labute approximate surface area is 204 Å². The Hall–Kier alpha value is -3.22. The van der Waals surface area contributed by atoms with Crippen molar-refractivity contribution >= 4 is 21.6 Å². The summed E-state index contributed by atoms with van der Waals surface area (Å²) in [6.07, 6.45) is 3.67. The number of ether oxygens (including phenoxy) is 1. The van der Waals surface area contributed by atoms with Gasteiger partial charge in [-0.25, -0.2) is 8.42 Å². The molecule has 12 heteroatoms. The van der Waals surface area contributed by atoms with Gasteiger partial charge < -0.3 is 10.1 Å². The van der Waals surface area contributed by atoms with Crippen molar-refractivity contribution in [1.82, 2.24) is 28.8 Å². The van der Waals surface area contributed by atoms with Gasteiger partial charge in [0.05, 0.1) is 35.9 Å². The number of carbonyl (C=O) groups excluding carboxylic acids is 1. The highest BCUT2D eigenvalue weighted by atomic mass is 32.2. The summed E-state index contributed by atoms with van der Waals surface area (Å²) >= 11 is 0. The van der Waals surface area contributed by atoms with Crippen molar-refractivity contribution < 1.29 is 17.9 Å². The number of rotatable bonds is 3. The molecule has 2 aromatic heterocycles. The number of sulfonamides is 1. The Morgan fingerprint density at radius 1 is 1.14 bits per heavy atom. The first-order chi connectivity index (χ1) is 16.6. The van der Waals surface area contributed by atoms with Crippen LogP contribution in [0.25, 0.3) is 11.1 Å². The molecule has 1 atom stereocenters. The predicted octanol–water partition coefficient (Wildman–Crippen LogP) is 1.14. The van der Waals surface area contributed by atoms with Gasteiger partial charge in [-0.15, -0.1) is 0 Å². The smallest absolute Gasteiger partial charge is 0.246 e. The van der Waals surface area contributed by atoms with E-state index >= 15 is 0 Å². The topological polar surface area (TPSA) is 115 Å². The van der Waals surface area contributed by atoms with Gasteiger partial charge in [-0.1, -0.05) is 6.07 Å². The molecule has 0 unspecified atom stereocenters. The largest absolute Gasteiger partial charge is 0.490 e. The van der Waals surface area contributed by atoms with Crippen LogP contribution < -0.4 is 10.1 Å². The molecule has 0 saturated carbocycles. The van der Waals surface area contributed by atoms with E-state index < -0.39 is 10.0 Å². The number of anilines is 1. The molecule has 186 valence electrons. The SMILES string of the molecule is Cc1nn(C)c(C)c1S(=O)(=O)N1CCN2CC(=O)Nc3cc(-c4cnn(C)c4)ccc3OC[C@@H]2C1. The predicted molar refractivity (Wildman–Crippen MR) is 130 cm³/mol. The zero-order chi connectivity index (χ0) is 24.9. The fourth-order valence-corrected chi connectivity index (χ4v) is 6.64. The van der Waals surface area contributed by atoms with Gasteiger partial charge in [-0.3, -0.25) is 19.1 Å². The van der Waals surface area contributed by atoms with Crippen molar-refractivity contribution in [3.8, 4) is 16.9 Å². The Balaban J connectivity index is 1.40. The fraction of sp³-hybridized carbons (Fsp3) is 0.435. The van der Waals surface area contributed by atoms with E-state index in [1.54, 1.807) is 36.5 Å². The maximum Gasteiger partial charge on any atom is 0.246 e. The van der Waals surface area contributed by atoms with Crippen LogP contribution in [0.2, 0.25) is 0 Å². The van der Waals surface area contributed by atoms with Crippen molar-refractivity contribution in [2.24, 2.45) is 14.1 Å². The second-order valence-corrected chi connectivity index (χ2v) is 11.0. The molecule has 11 nitrogen and oxygen atoms in total. The third kappa shape index (κ3) is 4.32. The highest BCUT2D eigenvalue weighted by Gasteiger charge is 2.38. The molecule has 0 aliphatic carbocycles. The molecule has 35 heavy (non-hydrogen) atoms. The average Bonchev–Trinajstić information content (AvgIpc) is 3.36. The number of fused-ring (bicyclic) bond motifs is 2. The number of amides is 1. The van der Waals surface area contributed by atoms with Crippen molar-refractivity contribution in [2.75, 3.05) is 38.1 Å². The molecule has 5 rings (SSSR count). The van der Waals surface area contributed by atoms with Gasteiger partial charge in [0.2, 0.25) is 15.9 Å². The molecule has 1 fully saturated rings. The number of benzene rings is 1. The number of hydrogen-bond donors (Lipinski definition) is 1. The highest BCUT2D eigenvalue weighted by Crippen LogP contribution is 2.32. The lowest BCUT2D eigenvalue weighted by Gasteiger charge is -2.39. The van der Waals surface area contributed by atoms with E-state index in [9.17, 15) is 13.2 Å². The van der Waals surface area contributed by atoms with Crippen LogP contribution in [-0.2, 0) is 28.9 Å². The normalized spacial score (nSPS) is 19.7. The standard InChI is InChI=1S/C23H29N7O4S/c1-15-23(16(2)28(4)26-15)35(32,33)30-8-7-29-13-22(31)25-20-9-17(18-10-24-27(3)11-18)5-6-21(20)34-14-19(29)12-30/h5-6,9-11,19H,7-8,12-14H2,1-4H3,(H,25,31)/t19-/m0/s1. The van der Waals surface area contributed by atoms with Gasteiger partial charge in [0.25, 0.3) is 0 Å². The first kappa shape index (κ1) is 23.5. The van der Waals surface area contributed by atoms with Gasteiger partial charge in [-0.2, -0.15) is 14.5 Å². The number of aryl methyl sites for hydroxylation is 3. The van der Waals surface area contributed by atoms with E-state index in [0.717, 1.165) is 11.1 Å². The summed E-state index contributed by atoms with van der Waals surface area (Å²) in [6, 6.07) is 5.35. The number of hydrogen-bond acceptors (Lipinski definition) is 7. The van der Waals surface area contributed by atoms with Gasteiger partial charge in [-0.05, 0) is 31.5 Å². The Morgan fingerprint density at radius 2 is 1.94 bits per heavy atom. The first-order valence-electron chi connectivity index (χ1n) is 11.4. The second-order valence-electron chi connectivity index (χ2n) is 9.08. The highest BCUT2D eigenvalue weighted by molar-refractivity contribution is 7.89. The van der Waals surface area contributed by atoms with Crippen LogP contribution in [0.5, 0.6) is 5.75 Å². The molecule has 0 radical (unpaired) electrons. The van der Waals surface area contributed by atoms with Crippen LogP contribution in [0, 0.1) is 13.8 Å². The summed E-state index contributed by atoms with van der Waals surface area (Å²) in [7, 11) is -0.145. The monoisotopic (exact) mass is 499 g/mol. The molecule has 1 aromatic carbocycles. The summed E-state index contributed by atoms with van der Waals surface area (Å²) in [4.78, 5) is 15.1. The van der Waals surface area contributed by atoms with Gasteiger partial charge in [0, 0.05) is 45.5 Å². The molecule has 4 heterocycles. The molecular weight excluding hydrogens is 470 g/mol. The molecular formula is C23H29N7O4S. The van der Waals surface area contributed by atoms with Crippen LogP contribution in [0.15, 0.2) is 35.5 Å². The summed E-state index contributed by atoms with van der Waals surface area (Å²) in [6.45, 7) is 4.82. The second kappa shape index (κ2) is 8.77. The summed E-state index contributed by atoms with van der Waals surface area (Å²) in [5.74, 6) is 0.382. The molecule has 0 bridgehead atoms. The molecule has 0 spiro atoms. The average molecular weight is 500 g/mol. The van der Waals surface area contributed by atoms with Crippen molar-refractivity contribution in [3.05, 3.63) is 42.0 Å². The van der Waals surface area contributed by atoms with Crippen LogP contribution in [0.3, 0.4) is 0 Å². The molecule has 2 aliphatic heterocycles. The number of aromatic nitrogens is 4. The first-order valence-corrected chi connectivity index (χ1v) is 12.9. The van der Waals surface area contributed by atoms with Gasteiger partial charge in [0.1, 0.15) is 17.3 Å². The van der Waals surface area contributed by atoms with Gasteiger partial charge >= 0.3 is 0 Å². The number of piperazine rings is 1. The third-order valence-corrected chi connectivity index (χ3v) is 8.80. The molecule has 1 saturated heterocycles. The van der Waals surface area contributed by atoms with Crippen LogP contribution in [0.1, 0.15) is 11.4 Å². The molecule has 3 aromatic rings. The van der Waals surface area contributed by atoms with Gasteiger partial charge in [0.15, 0.2) is 0 Å². The van der Waals surface area contributed by atoms with E-state index in [2.05, 4.69) is 15.5 Å².